The van der Waals surface area contributed by atoms with E-state index in [9.17, 15) is 5.11 Å². The van der Waals surface area contributed by atoms with Crippen LogP contribution in [0.25, 0.3) is 0 Å². The molecule has 1 unspecified atom stereocenters. The number of rotatable bonds is 5. The number of benzene rings is 1. The van der Waals surface area contributed by atoms with Crippen LogP contribution in [0, 0.1) is 0 Å². The summed E-state index contributed by atoms with van der Waals surface area (Å²) in [5.74, 6) is 0.565. The highest BCUT2D eigenvalue weighted by Gasteiger charge is 2.08. The van der Waals surface area contributed by atoms with Crippen molar-refractivity contribution in [2.24, 2.45) is 0 Å². The molecule has 5 nitrogen and oxygen atoms in total. The predicted molar refractivity (Wildman–Crippen MR) is 69.6 cm³/mol. The first-order chi connectivity index (χ1) is 8.65. The Morgan fingerprint density at radius 1 is 1.44 bits per heavy atom. The highest BCUT2D eigenvalue weighted by Crippen LogP contribution is 2.19. The number of ether oxygens (including phenoxy) is 1. The highest BCUT2D eigenvalue weighted by molar-refractivity contribution is 6.30. The van der Waals surface area contributed by atoms with Crippen molar-refractivity contribution in [1.82, 2.24) is 9.78 Å². The number of nitrogen functional groups attached to an aromatic ring is 1. The van der Waals surface area contributed by atoms with E-state index in [0.717, 1.165) is 0 Å². The zero-order valence-corrected chi connectivity index (χ0v) is 10.4. The van der Waals surface area contributed by atoms with Crippen LogP contribution in [0.15, 0.2) is 36.7 Å². The molecule has 1 aromatic carbocycles. The predicted octanol–water partition coefficient (Wildman–Crippen LogP) is 1.56. The Bertz CT molecular complexity index is 516. The van der Waals surface area contributed by atoms with Gasteiger partial charge in [-0.3, -0.25) is 4.68 Å². The Hall–Kier alpha value is -1.72. The Kier molecular flexibility index (Phi) is 4.07. The highest BCUT2D eigenvalue weighted by atomic mass is 35.5. The second-order valence-electron chi connectivity index (χ2n) is 3.88. The molecule has 0 aliphatic heterocycles. The van der Waals surface area contributed by atoms with E-state index < -0.39 is 6.10 Å². The average Bonchev–Trinajstić information content (AvgIpc) is 2.74. The normalized spacial score (nSPS) is 12.3. The summed E-state index contributed by atoms with van der Waals surface area (Å²) in [5.41, 5.74) is 6.27. The van der Waals surface area contributed by atoms with Crippen molar-refractivity contribution in [3.63, 3.8) is 0 Å². The van der Waals surface area contributed by atoms with Crippen LogP contribution in [0.3, 0.4) is 0 Å². The standard InChI is InChI=1S/C12H14ClN3O2/c13-9-5-15-16(6-9)7-10(17)8-18-12-4-2-1-3-11(12)14/h1-6,10,17H,7-8,14H2. The van der Waals surface area contributed by atoms with Gasteiger partial charge in [0.05, 0.1) is 23.5 Å². The summed E-state index contributed by atoms with van der Waals surface area (Å²) in [6.07, 6.45) is 2.48. The summed E-state index contributed by atoms with van der Waals surface area (Å²) in [6, 6.07) is 7.15. The summed E-state index contributed by atoms with van der Waals surface area (Å²) in [7, 11) is 0. The first-order valence-corrected chi connectivity index (χ1v) is 5.86. The van der Waals surface area contributed by atoms with Gasteiger partial charge in [-0.25, -0.2) is 0 Å². The van der Waals surface area contributed by atoms with Crippen molar-refractivity contribution in [1.29, 1.82) is 0 Å². The van der Waals surface area contributed by atoms with Crippen LogP contribution in [0.1, 0.15) is 0 Å². The monoisotopic (exact) mass is 267 g/mol. The zero-order valence-electron chi connectivity index (χ0n) is 9.66. The molecule has 18 heavy (non-hydrogen) atoms. The van der Waals surface area contributed by atoms with Gasteiger partial charge in [-0.05, 0) is 12.1 Å². The van der Waals surface area contributed by atoms with Gasteiger partial charge in [0.25, 0.3) is 0 Å². The Labute approximate surface area is 110 Å². The van der Waals surface area contributed by atoms with Crippen LogP contribution in [0.5, 0.6) is 5.75 Å². The van der Waals surface area contributed by atoms with Crippen LogP contribution < -0.4 is 10.5 Å². The minimum absolute atomic E-state index is 0.145. The van der Waals surface area contributed by atoms with Gasteiger partial charge in [-0.1, -0.05) is 23.7 Å². The van der Waals surface area contributed by atoms with E-state index in [1.54, 1.807) is 23.0 Å². The van der Waals surface area contributed by atoms with Crippen molar-refractivity contribution in [3.05, 3.63) is 41.7 Å². The fourth-order valence-electron chi connectivity index (χ4n) is 1.50. The molecular weight excluding hydrogens is 254 g/mol. The molecule has 96 valence electrons. The fraction of sp³-hybridized carbons (Fsp3) is 0.250. The maximum atomic E-state index is 9.79. The summed E-state index contributed by atoms with van der Waals surface area (Å²) in [6.45, 7) is 0.463. The zero-order chi connectivity index (χ0) is 13.0. The molecule has 0 saturated heterocycles. The summed E-state index contributed by atoms with van der Waals surface area (Å²) in [5, 5.41) is 14.3. The van der Waals surface area contributed by atoms with Gasteiger partial charge in [0.1, 0.15) is 18.5 Å². The van der Waals surface area contributed by atoms with Crippen molar-refractivity contribution < 1.29 is 9.84 Å². The van der Waals surface area contributed by atoms with E-state index in [1.165, 1.54) is 6.20 Å². The maximum absolute atomic E-state index is 9.79. The number of para-hydroxylation sites is 2. The van der Waals surface area contributed by atoms with Crippen LogP contribution in [-0.2, 0) is 6.54 Å². The molecule has 2 aromatic rings. The number of hydrogen-bond acceptors (Lipinski definition) is 4. The van der Waals surface area contributed by atoms with Gasteiger partial charge in [-0.15, -0.1) is 0 Å². The summed E-state index contributed by atoms with van der Waals surface area (Å²) in [4.78, 5) is 0. The van der Waals surface area contributed by atoms with E-state index in [-0.39, 0.29) is 6.61 Å². The number of halogens is 1. The minimum Gasteiger partial charge on any atom is -0.489 e. The topological polar surface area (TPSA) is 73.3 Å². The van der Waals surface area contributed by atoms with Crippen LogP contribution in [0.2, 0.25) is 5.02 Å². The molecule has 1 heterocycles. The first kappa shape index (κ1) is 12.7. The fourth-order valence-corrected chi connectivity index (χ4v) is 1.66. The third-order valence-corrected chi connectivity index (χ3v) is 2.54. The molecule has 0 fully saturated rings. The number of hydrogen-bond donors (Lipinski definition) is 2. The molecule has 0 amide bonds. The van der Waals surface area contributed by atoms with Crippen molar-refractivity contribution >= 4 is 17.3 Å². The Morgan fingerprint density at radius 3 is 2.89 bits per heavy atom. The molecule has 1 aromatic heterocycles. The molecule has 1 atom stereocenters. The number of nitrogens with zero attached hydrogens (tertiary/aromatic N) is 2. The lowest BCUT2D eigenvalue weighted by atomic mass is 10.3. The van der Waals surface area contributed by atoms with Gasteiger partial charge in [0, 0.05) is 6.20 Å². The van der Waals surface area contributed by atoms with E-state index in [2.05, 4.69) is 5.10 Å². The molecule has 2 rings (SSSR count). The number of aliphatic hydroxyl groups excluding tert-OH is 1. The molecule has 0 saturated carbocycles. The van der Waals surface area contributed by atoms with E-state index in [1.807, 2.05) is 12.1 Å². The number of anilines is 1. The second kappa shape index (κ2) is 5.75. The van der Waals surface area contributed by atoms with Gasteiger partial charge in [0.2, 0.25) is 0 Å². The van der Waals surface area contributed by atoms with Crippen molar-refractivity contribution in [2.75, 3.05) is 12.3 Å². The lowest BCUT2D eigenvalue weighted by molar-refractivity contribution is 0.0897. The maximum Gasteiger partial charge on any atom is 0.142 e. The van der Waals surface area contributed by atoms with Crippen LogP contribution >= 0.6 is 11.6 Å². The van der Waals surface area contributed by atoms with E-state index >= 15 is 0 Å². The molecule has 3 N–H and O–H groups in total. The van der Waals surface area contributed by atoms with Crippen LogP contribution in [0.4, 0.5) is 5.69 Å². The third-order valence-electron chi connectivity index (χ3n) is 2.35. The van der Waals surface area contributed by atoms with Gasteiger partial charge < -0.3 is 15.6 Å². The van der Waals surface area contributed by atoms with Crippen molar-refractivity contribution in [3.8, 4) is 5.75 Å². The van der Waals surface area contributed by atoms with Gasteiger partial charge >= 0.3 is 0 Å². The summed E-state index contributed by atoms with van der Waals surface area (Å²) >= 11 is 5.72. The molecule has 0 aliphatic carbocycles. The lowest BCUT2D eigenvalue weighted by Gasteiger charge is -2.13. The number of nitrogens with two attached hydrogens (primary N) is 1. The molecular formula is C12H14ClN3O2. The quantitative estimate of drug-likeness (QED) is 0.807. The number of aliphatic hydroxyl groups is 1. The van der Waals surface area contributed by atoms with Crippen LogP contribution in [-0.4, -0.2) is 27.6 Å². The molecule has 6 heteroatoms. The molecule has 0 spiro atoms. The molecule has 0 radical (unpaired) electrons. The summed E-state index contributed by atoms with van der Waals surface area (Å²) < 4.78 is 6.99. The minimum atomic E-state index is -0.680. The molecule has 0 aliphatic rings. The smallest absolute Gasteiger partial charge is 0.142 e. The SMILES string of the molecule is Nc1ccccc1OCC(O)Cn1cc(Cl)cn1. The average molecular weight is 268 g/mol. The van der Waals surface area contributed by atoms with E-state index in [4.69, 9.17) is 22.1 Å². The Balaban J connectivity index is 1.85. The van der Waals surface area contributed by atoms with Crippen molar-refractivity contribution in [2.45, 2.75) is 12.6 Å². The largest absolute Gasteiger partial charge is 0.489 e. The van der Waals surface area contributed by atoms with Gasteiger partial charge in [0.15, 0.2) is 0 Å². The molecule has 0 bridgehead atoms. The Morgan fingerprint density at radius 2 is 2.22 bits per heavy atom. The third kappa shape index (κ3) is 3.38. The first-order valence-electron chi connectivity index (χ1n) is 5.48. The number of aromatic nitrogens is 2. The van der Waals surface area contributed by atoms with Gasteiger partial charge in [-0.2, -0.15) is 5.10 Å². The lowest BCUT2D eigenvalue weighted by Crippen LogP contribution is -2.24. The van der Waals surface area contributed by atoms with E-state index in [0.29, 0.717) is 23.0 Å². The second-order valence-corrected chi connectivity index (χ2v) is 4.32.